The Bertz CT molecular complexity index is 1170. The van der Waals surface area contributed by atoms with Crippen LogP contribution in [0.1, 0.15) is 35.0 Å². The summed E-state index contributed by atoms with van der Waals surface area (Å²) in [4.78, 5) is 16.9. The molecule has 6 nitrogen and oxygen atoms in total. The molecular weight excluding hydrogens is 414 g/mol. The molecule has 8 heteroatoms. The Morgan fingerprint density at radius 1 is 1.20 bits per heavy atom. The molecule has 1 amide bonds. The first-order valence-electron chi connectivity index (χ1n) is 9.69. The van der Waals surface area contributed by atoms with Crippen LogP contribution in [0, 0.1) is 33.1 Å². The number of thioether (sulfide) groups is 2. The van der Waals surface area contributed by atoms with Gasteiger partial charge in [0.25, 0.3) is 5.91 Å². The Morgan fingerprint density at radius 2 is 1.97 bits per heavy atom. The standard InChI is InChI=1S/C22H23N5OS2/c1-6-29-22-25-27-19(23)17(20(28)24-21(27)30-22)11-16-10-14(4)26(15(16)5)18-9-12(2)7-8-13(18)3/h7-11,23H,6H2,1-5H3/b17-11-,23-19?. The zero-order valence-corrected chi connectivity index (χ0v) is 19.2. The second-order valence-corrected chi connectivity index (χ2v) is 9.74. The van der Waals surface area contributed by atoms with E-state index in [9.17, 15) is 4.79 Å². The predicted octanol–water partition coefficient (Wildman–Crippen LogP) is 5.04. The first-order chi connectivity index (χ1) is 14.3. The molecule has 0 fully saturated rings. The number of benzene rings is 1. The summed E-state index contributed by atoms with van der Waals surface area (Å²) >= 11 is 2.92. The molecule has 4 rings (SSSR count). The fourth-order valence-electron chi connectivity index (χ4n) is 3.58. The van der Waals surface area contributed by atoms with Gasteiger partial charge in [0.2, 0.25) is 5.17 Å². The molecule has 2 aliphatic rings. The maximum absolute atomic E-state index is 12.7. The van der Waals surface area contributed by atoms with Crippen LogP contribution in [-0.2, 0) is 4.79 Å². The number of hydrazone groups is 1. The highest BCUT2D eigenvalue weighted by atomic mass is 32.2. The van der Waals surface area contributed by atoms with Crippen LogP contribution in [0.15, 0.2) is 39.9 Å². The minimum absolute atomic E-state index is 0.0701. The lowest BCUT2D eigenvalue weighted by Gasteiger charge is -2.20. The summed E-state index contributed by atoms with van der Waals surface area (Å²) in [6.45, 7) is 10.3. The van der Waals surface area contributed by atoms with Gasteiger partial charge in [-0.3, -0.25) is 10.2 Å². The fraction of sp³-hybridized carbons (Fsp3) is 0.273. The molecule has 30 heavy (non-hydrogen) atoms. The molecule has 1 N–H and O–H groups in total. The number of amides is 1. The molecule has 0 unspecified atom stereocenters. The molecule has 0 aliphatic carbocycles. The minimum atomic E-state index is -0.395. The van der Waals surface area contributed by atoms with Crippen LogP contribution in [0.5, 0.6) is 0 Å². The summed E-state index contributed by atoms with van der Waals surface area (Å²) in [5, 5.41) is 14.9. The lowest BCUT2D eigenvalue weighted by atomic mass is 10.1. The number of carbonyl (C=O) groups excluding carboxylic acids is 1. The van der Waals surface area contributed by atoms with Gasteiger partial charge in [-0.1, -0.05) is 30.8 Å². The van der Waals surface area contributed by atoms with Gasteiger partial charge < -0.3 is 4.57 Å². The highest BCUT2D eigenvalue weighted by Gasteiger charge is 2.35. The number of fused-ring (bicyclic) bond motifs is 1. The molecule has 154 valence electrons. The van der Waals surface area contributed by atoms with Gasteiger partial charge in [-0.05, 0) is 80.1 Å². The summed E-state index contributed by atoms with van der Waals surface area (Å²) < 4.78 is 3.00. The largest absolute Gasteiger partial charge is 0.318 e. The van der Waals surface area contributed by atoms with Crippen LogP contribution in [0.2, 0.25) is 0 Å². The molecule has 2 aromatic rings. The van der Waals surface area contributed by atoms with Gasteiger partial charge in [0, 0.05) is 17.1 Å². The van der Waals surface area contributed by atoms with E-state index in [2.05, 4.69) is 53.6 Å². The third kappa shape index (κ3) is 3.54. The fourth-order valence-corrected chi connectivity index (χ4v) is 5.40. The second kappa shape index (κ2) is 7.92. The van der Waals surface area contributed by atoms with Crippen molar-refractivity contribution in [2.24, 2.45) is 10.1 Å². The molecular formula is C22H23N5OS2. The van der Waals surface area contributed by atoms with Crippen LogP contribution in [0.4, 0.5) is 0 Å². The van der Waals surface area contributed by atoms with Gasteiger partial charge in [0.05, 0.1) is 5.57 Å². The van der Waals surface area contributed by atoms with Gasteiger partial charge in [0.15, 0.2) is 10.2 Å². The number of aliphatic imine (C=N–C) groups is 1. The smallest absolute Gasteiger partial charge is 0.283 e. The van der Waals surface area contributed by atoms with E-state index in [1.165, 1.54) is 27.9 Å². The van der Waals surface area contributed by atoms with E-state index in [1.807, 2.05) is 19.9 Å². The van der Waals surface area contributed by atoms with E-state index >= 15 is 0 Å². The Morgan fingerprint density at radius 3 is 2.70 bits per heavy atom. The van der Waals surface area contributed by atoms with Gasteiger partial charge in [0.1, 0.15) is 0 Å². The van der Waals surface area contributed by atoms with Crippen molar-refractivity contribution in [1.82, 2.24) is 9.58 Å². The zero-order chi connectivity index (χ0) is 21.6. The maximum atomic E-state index is 12.7. The van der Waals surface area contributed by atoms with Crippen molar-refractivity contribution in [3.63, 3.8) is 0 Å². The Labute approximate surface area is 184 Å². The molecule has 0 saturated carbocycles. The Hall–Kier alpha value is -2.58. The number of carbonyl (C=O) groups is 1. The number of aromatic nitrogens is 1. The van der Waals surface area contributed by atoms with Crippen molar-refractivity contribution in [1.29, 1.82) is 5.41 Å². The normalized spacial score (nSPS) is 17.5. The summed E-state index contributed by atoms with van der Waals surface area (Å²) in [5.74, 6) is 0.551. The maximum Gasteiger partial charge on any atom is 0.283 e. The SMILES string of the molecule is CCSC1=NN2C(=N)/C(=C/c3cc(C)n(-c4cc(C)ccc4C)c3C)C(=O)N=C2S1. The highest BCUT2D eigenvalue weighted by Crippen LogP contribution is 2.33. The number of aryl methyl sites for hydroxylation is 3. The van der Waals surface area contributed by atoms with Crippen LogP contribution < -0.4 is 0 Å². The molecule has 3 heterocycles. The Kier molecular flexibility index (Phi) is 5.46. The quantitative estimate of drug-likeness (QED) is 0.683. The molecule has 2 aliphatic heterocycles. The molecule has 1 aromatic heterocycles. The summed E-state index contributed by atoms with van der Waals surface area (Å²) in [6, 6.07) is 8.43. The van der Waals surface area contributed by atoms with E-state index < -0.39 is 5.91 Å². The first-order valence-corrected chi connectivity index (χ1v) is 11.5. The lowest BCUT2D eigenvalue weighted by Crippen LogP contribution is -2.35. The number of amidine groups is 2. The van der Waals surface area contributed by atoms with Gasteiger partial charge in [-0.2, -0.15) is 10.0 Å². The minimum Gasteiger partial charge on any atom is -0.318 e. The number of hydrogen-bond donors (Lipinski definition) is 1. The van der Waals surface area contributed by atoms with E-state index in [0.717, 1.165) is 32.8 Å². The molecule has 0 saturated heterocycles. The van der Waals surface area contributed by atoms with Crippen molar-refractivity contribution in [2.45, 2.75) is 34.6 Å². The average molecular weight is 438 g/mol. The van der Waals surface area contributed by atoms with E-state index in [4.69, 9.17) is 5.41 Å². The molecule has 1 aromatic carbocycles. The number of nitrogens with one attached hydrogen (secondary N) is 1. The topological polar surface area (TPSA) is 73.8 Å². The van der Waals surface area contributed by atoms with Crippen LogP contribution in [0.25, 0.3) is 11.8 Å². The zero-order valence-electron chi connectivity index (χ0n) is 17.6. The number of nitrogens with zero attached hydrogens (tertiary/aromatic N) is 4. The van der Waals surface area contributed by atoms with Gasteiger partial charge in [-0.15, -0.1) is 5.10 Å². The molecule has 0 spiro atoms. The van der Waals surface area contributed by atoms with Crippen molar-refractivity contribution in [3.05, 3.63) is 57.9 Å². The van der Waals surface area contributed by atoms with Crippen molar-refractivity contribution in [2.75, 3.05) is 5.75 Å². The van der Waals surface area contributed by atoms with Crippen molar-refractivity contribution >= 4 is 50.9 Å². The van der Waals surface area contributed by atoms with Crippen molar-refractivity contribution < 1.29 is 4.79 Å². The van der Waals surface area contributed by atoms with Crippen LogP contribution in [0.3, 0.4) is 0 Å². The number of hydrogen-bond acceptors (Lipinski definition) is 5. The summed E-state index contributed by atoms with van der Waals surface area (Å²) in [6.07, 6.45) is 1.76. The average Bonchev–Trinajstić information content (AvgIpc) is 3.21. The van der Waals surface area contributed by atoms with E-state index in [-0.39, 0.29) is 11.4 Å². The second-order valence-electron chi connectivity index (χ2n) is 7.27. The predicted molar refractivity (Wildman–Crippen MR) is 128 cm³/mol. The first kappa shape index (κ1) is 20.7. The molecule has 0 radical (unpaired) electrons. The van der Waals surface area contributed by atoms with Gasteiger partial charge in [-0.25, -0.2) is 0 Å². The van der Waals surface area contributed by atoms with Crippen LogP contribution >= 0.6 is 23.5 Å². The third-order valence-electron chi connectivity index (χ3n) is 5.08. The molecule has 0 atom stereocenters. The van der Waals surface area contributed by atoms with Crippen LogP contribution in [-0.4, -0.2) is 36.6 Å². The number of rotatable bonds is 3. The van der Waals surface area contributed by atoms with Gasteiger partial charge >= 0.3 is 0 Å². The highest BCUT2D eigenvalue weighted by molar-refractivity contribution is 8.45. The Balaban J connectivity index is 1.75. The monoisotopic (exact) mass is 437 g/mol. The summed E-state index contributed by atoms with van der Waals surface area (Å²) in [5.41, 5.74) is 6.75. The summed E-state index contributed by atoms with van der Waals surface area (Å²) in [7, 11) is 0. The van der Waals surface area contributed by atoms with E-state index in [0.29, 0.717) is 5.17 Å². The third-order valence-corrected chi connectivity index (χ3v) is 7.00. The molecule has 0 bridgehead atoms. The van der Waals surface area contributed by atoms with Crippen molar-refractivity contribution in [3.8, 4) is 5.69 Å². The van der Waals surface area contributed by atoms with E-state index in [1.54, 1.807) is 17.8 Å². The lowest BCUT2D eigenvalue weighted by molar-refractivity contribution is -0.114.